The Hall–Kier alpha value is -1.54. The minimum absolute atomic E-state index is 0.148. The van der Waals surface area contributed by atoms with E-state index in [1.54, 1.807) is 6.07 Å². The van der Waals surface area contributed by atoms with Gasteiger partial charge >= 0.3 is 0 Å². The zero-order valence-electron chi connectivity index (χ0n) is 8.30. The molecule has 1 aromatic rings. The van der Waals surface area contributed by atoms with E-state index in [0.717, 1.165) is 0 Å². The molecule has 5 heteroatoms. The lowest BCUT2D eigenvalue weighted by molar-refractivity contribution is -0.122. The van der Waals surface area contributed by atoms with E-state index in [2.05, 4.69) is 27.2 Å². The molecule has 0 aromatic heterocycles. The van der Waals surface area contributed by atoms with Gasteiger partial charge in [0.15, 0.2) is 6.61 Å². The number of benzene rings is 1. The highest BCUT2D eigenvalue weighted by Crippen LogP contribution is 2.20. The standard InChI is InChI=1S/C11H9BrFNO2/c1-2-3-14-11(15)7-16-10-5-8(12)4-9(13)6-10/h1,4-6H,3,7H2,(H,14,15). The van der Waals surface area contributed by atoms with Gasteiger partial charge in [-0.1, -0.05) is 21.9 Å². The lowest BCUT2D eigenvalue weighted by Crippen LogP contribution is -2.29. The van der Waals surface area contributed by atoms with Crippen LogP contribution in [0.2, 0.25) is 0 Å². The molecule has 0 heterocycles. The summed E-state index contributed by atoms with van der Waals surface area (Å²) in [4.78, 5) is 11.1. The topological polar surface area (TPSA) is 38.3 Å². The van der Waals surface area contributed by atoms with Gasteiger partial charge in [-0.05, 0) is 12.1 Å². The predicted molar refractivity (Wildman–Crippen MR) is 61.4 cm³/mol. The molecule has 0 aliphatic heterocycles. The maximum absolute atomic E-state index is 12.9. The van der Waals surface area contributed by atoms with Gasteiger partial charge in [0.05, 0.1) is 6.54 Å². The molecule has 0 saturated heterocycles. The van der Waals surface area contributed by atoms with E-state index in [0.29, 0.717) is 4.47 Å². The van der Waals surface area contributed by atoms with E-state index >= 15 is 0 Å². The molecule has 0 unspecified atom stereocenters. The number of hydrogen-bond donors (Lipinski definition) is 1. The number of rotatable bonds is 4. The summed E-state index contributed by atoms with van der Waals surface area (Å²) in [5.74, 6) is 1.75. The summed E-state index contributed by atoms with van der Waals surface area (Å²) in [7, 11) is 0. The van der Waals surface area contributed by atoms with Crippen molar-refractivity contribution in [3.63, 3.8) is 0 Å². The van der Waals surface area contributed by atoms with Gasteiger partial charge < -0.3 is 10.1 Å². The van der Waals surface area contributed by atoms with Crippen LogP contribution in [0.1, 0.15) is 0 Å². The van der Waals surface area contributed by atoms with Crippen LogP contribution in [0.25, 0.3) is 0 Å². The van der Waals surface area contributed by atoms with Crippen molar-refractivity contribution in [1.29, 1.82) is 0 Å². The first-order valence-corrected chi connectivity index (χ1v) is 5.20. The largest absolute Gasteiger partial charge is 0.484 e. The van der Waals surface area contributed by atoms with Crippen LogP contribution in [0.5, 0.6) is 5.75 Å². The van der Waals surface area contributed by atoms with Gasteiger partial charge in [0.25, 0.3) is 5.91 Å². The number of carbonyl (C=O) groups excluding carboxylic acids is 1. The van der Waals surface area contributed by atoms with Crippen molar-refractivity contribution in [1.82, 2.24) is 5.32 Å². The quantitative estimate of drug-likeness (QED) is 0.856. The Balaban J connectivity index is 2.48. The van der Waals surface area contributed by atoms with Crippen molar-refractivity contribution in [2.45, 2.75) is 0 Å². The Morgan fingerprint density at radius 2 is 2.31 bits per heavy atom. The smallest absolute Gasteiger partial charge is 0.258 e. The SMILES string of the molecule is C#CCNC(=O)COc1cc(F)cc(Br)c1. The molecule has 1 N–H and O–H groups in total. The fraction of sp³-hybridized carbons (Fsp3) is 0.182. The van der Waals surface area contributed by atoms with Crippen molar-refractivity contribution in [3.8, 4) is 18.1 Å². The maximum Gasteiger partial charge on any atom is 0.258 e. The third kappa shape index (κ3) is 4.32. The fourth-order valence-electron chi connectivity index (χ4n) is 0.961. The first-order chi connectivity index (χ1) is 7.61. The molecule has 84 valence electrons. The Morgan fingerprint density at radius 1 is 1.56 bits per heavy atom. The molecule has 0 aliphatic carbocycles. The summed E-state index contributed by atoms with van der Waals surface area (Å²) in [6.45, 7) is -0.0490. The Bertz CT molecular complexity index is 408. The molecule has 16 heavy (non-hydrogen) atoms. The minimum atomic E-state index is -0.437. The second-order valence-corrected chi connectivity index (χ2v) is 3.79. The number of nitrogens with one attached hydrogen (secondary N) is 1. The van der Waals surface area contributed by atoms with Gasteiger partial charge in [0.2, 0.25) is 0 Å². The Kier molecular flexibility index (Phi) is 4.80. The molecule has 1 rings (SSSR count). The van der Waals surface area contributed by atoms with Crippen LogP contribution >= 0.6 is 15.9 Å². The lowest BCUT2D eigenvalue weighted by atomic mass is 10.3. The molecule has 0 atom stereocenters. The van der Waals surface area contributed by atoms with E-state index in [9.17, 15) is 9.18 Å². The predicted octanol–water partition coefficient (Wildman–Crippen LogP) is 1.72. The van der Waals surface area contributed by atoms with E-state index in [1.165, 1.54) is 12.1 Å². The highest BCUT2D eigenvalue weighted by atomic mass is 79.9. The zero-order chi connectivity index (χ0) is 12.0. The van der Waals surface area contributed by atoms with Crippen molar-refractivity contribution < 1.29 is 13.9 Å². The second kappa shape index (κ2) is 6.13. The van der Waals surface area contributed by atoms with Gasteiger partial charge in [-0.2, -0.15) is 0 Å². The number of hydrogen-bond acceptors (Lipinski definition) is 2. The summed E-state index contributed by atoms with van der Waals surface area (Å²) in [5, 5.41) is 2.43. The summed E-state index contributed by atoms with van der Waals surface area (Å²) in [5.41, 5.74) is 0. The Morgan fingerprint density at radius 3 is 2.94 bits per heavy atom. The molecule has 0 radical (unpaired) electrons. The van der Waals surface area contributed by atoms with Crippen molar-refractivity contribution in [2.24, 2.45) is 0 Å². The third-order valence-electron chi connectivity index (χ3n) is 1.59. The lowest BCUT2D eigenvalue weighted by Gasteiger charge is -2.06. The molecular weight excluding hydrogens is 277 g/mol. The molecule has 1 amide bonds. The molecule has 0 bridgehead atoms. The van der Waals surface area contributed by atoms with Gasteiger partial charge in [-0.3, -0.25) is 4.79 Å². The number of terminal acetylenes is 1. The van der Waals surface area contributed by atoms with Gasteiger partial charge in [0.1, 0.15) is 11.6 Å². The number of halogens is 2. The van der Waals surface area contributed by atoms with Gasteiger partial charge in [-0.25, -0.2) is 4.39 Å². The van der Waals surface area contributed by atoms with Crippen molar-refractivity contribution >= 4 is 21.8 Å². The average Bonchev–Trinajstić information content (AvgIpc) is 2.22. The monoisotopic (exact) mass is 285 g/mol. The molecule has 0 saturated carbocycles. The van der Waals surface area contributed by atoms with Crippen molar-refractivity contribution in [2.75, 3.05) is 13.2 Å². The van der Waals surface area contributed by atoms with Crippen LogP contribution in [0.4, 0.5) is 4.39 Å². The minimum Gasteiger partial charge on any atom is -0.484 e. The summed E-state index contributed by atoms with van der Waals surface area (Å²) >= 11 is 3.11. The van der Waals surface area contributed by atoms with E-state index in [4.69, 9.17) is 11.2 Å². The van der Waals surface area contributed by atoms with Crippen molar-refractivity contribution in [3.05, 3.63) is 28.5 Å². The molecular formula is C11H9BrFNO2. The van der Waals surface area contributed by atoms with Crippen LogP contribution in [0.3, 0.4) is 0 Å². The van der Waals surface area contributed by atoms with E-state index in [1.807, 2.05) is 0 Å². The summed E-state index contributed by atoms with van der Waals surface area (Å²) in [6.07, 6.45) is 4.96. The molecule has 1 aromatic carbocycles. The van der Waals surface area contributed by atoms with Gasteiger partial charge in [0, 0.05) is 10.5 Å². The molecule has 0 fully saturated rings. The van der Waals surface area contributed by atoms with Crippen LogP contribution in [0.15, 0.2) is 22.7 Å². The Labute approximate surface area is 101 Å². The summed E-state index contributed by atoms with van der Waals surface area (Å²) < 4.78 is 18.5. The van der Waals surface area contributed by atoms with Crippen LogP contribution < -0.4 is 10.1 Å². The second-order valence-electron chi connectivity index (χ2n) is 2.87. The van der Waals surface area contributed by atoms with E-state index < -0.39 is 5.82 Å². The average molecular weight is 286 g/mol. The van der Waals surface area contributed by atoms with Gasteiger partial charge in [-0.15, -0.1) is 6.42 Å². The molecule has 0 spiro atoms. The fourth-order valence-corrected chi connectivity index (χ4v) is 1.41. The third-order valence-corrected chi connectivity index (χ3v) is 2.05. The first-order valence-electron chi connectivity index (χ1n) is 4.41. The maximum atomic E-state index is 12.9. The first kappa shape index (κ1) is 12.5. The van der Waals surface area contributed by atoms with Crippen LogP contribution in [0, 0.1) is 18.2 Å². The van der Waals surface area contributed by atoms with Crippen LogP contribution in [-0.2, 0) is 4.79 Å². The normalized spacial score (nSPS) is 9.31. The highest BCUT2D eigenvalue weighted by Gasteiger charge is 2.03. The number of amides is 1. The zero-order valence-corrected chi connectivity index (χ0v) is 9.88. The summed E-state index contributed by atoms with van der Waals surface area (Å²) in [6, 6.07) is 4.06. The van der Waals surface area contributed by atoms with Crippen LogP contribution in [-0.4, -0.2) is 19.1 Å². The number of carbonyl (C=O) groups is 1. The van der Waals surface area contributed by atoms with E-state index in [-0.39, 0.29) is 24.8 Å². The molecule has 0 aliphatic rings. The highest BCUT2D eigenvalue weighted by molar-refractivity contribution is 9.10. The molecule has 3 nitrogen and oxygen atoms in total. The number of ether oxygens (including phenoxy) is 1.